The summed E-state index contributed by atoms with van der Waals surface area (Å²) in [5.74, 6) is 0.479. The number of nitrogens with zero attached hydrogens (tertiary/aromatic N) is 3. The Morgan fingerprint density at radius 3 is 2.68 bits per heavy atom. The molecular weight excluding hydrogens is 361 g/mol. The normalized spacial score (nSPS) is 17.5. The summed E-state index contributed by atoms with van der Waals surface area (Å²) in [6.45, 7) is 7.41. The number of rotatable bonds is 4. The number of likely N-dealkylation sites (tertiary alicyclic amines) is 1. The number of ether oxygens (including phenoxy) is 1. The summed E-state index contributed by atoms with van der Waals surface area (Å²) in [7, 11) is 5.34. The van der Waals surface area contributed by atoms with Gasteiger partial charge in [-0.15, -0.1) is 0 Å². The molecule has 1 amide bonds. The molecule has 7 nitrogen and oxygen atoms in total. The van der Waals surface area contributed by atoms with Crippen molar-refractivity contribution in [1.29, 1.82) is 0 Å². The number of hydrogen-bond donors (Lipinski definition) is 2. The molecule has 2 rings (SSSR count). The number of carbonyl (C=O) groups is 1. The largest absolute Gasteiger partial charge is 0.444 e. The topological polar surface area (TPSA) is 69.2 Å². The van der Waals surface area contributed by atoms with E-state index in [2.05, 4.69) is 20.5 Å². The Morgan fingerprint density at radius 2 is 2.11 bits per heavy atom. The fraction of sp³-hybridized carbons (Fsp3) is 0.600. The summed E-state index contributed by atoms with van der Waals surface area (Å²) in [5.41, 5.74) is 0.882. The van der Waals surface area contributed by atoms with Gasteiger partial charge in [0.1, 0.15) is 11.4 Å². The summed E-state index contributed by atoms with van der Waals surface area (Å²) >= 11 is 0. The Labute approximate surface area is 166 Å². The zero-order valence-corrected chi connectivity index (χ0v) is 17.7. The van der Waals surface area contributed by atoms with Crippen molar-refractivity contribution in [1.82, 2.24) is 15.5 Å². The van der Waals surface area contributed by atoms with E-state index in [1.54, 1.807) is 18.0 Å². The molecule has 1 heterocycles. The Hall–Kier alpha value is -2.51. The maximum Gasteiger partial charge on any atom is 0.407 e. The van der Waals surface area contributed by atoms with Crippen LogP contribution in [-0.4, -0.2) is 62.8 Å². The predicted molar refractivity (Wildman–Crippen MR) is 110 cm³/mol. The van der Waals surface area contributed by atoms with Gasteiger partial charge < -0.3 is 25.2 Å². The molecule has 1 aromatic rings. The van der Waals surface area contributed by atoms with Gasteiger partial charge in [0.25, 0.3) is 0 Å². The van der Waals surface area contributed by atoms with Crippen LogP contribution in [0.15, 0.2) is 23.2 Å². The summed E-state index contributed by atoms with van der Waals surface area (Å²) in [4.78, 5) is 20.1. The average Bonchev–Trinajstić information content (AvgIpc) is 3.01. The predicted octanol–water partition coefficient (Wildman–Crippen LogP) is 2.57. The highest BCUT2D eigenvalue weighted by molar-refractivity contribution is 5.80. The first kappa shape index (κ1) is 21.8. The van der Waals surface area contributed by atoms with Crippen molar-refractivity contribution in [3.05, 3.63) is 29.6 Å². The highest BCUT2D eigenvalue weighted by atomic mass is 19.1. The molecule has 156 valence electrons. The molecule has 1 aromatic carbocycles. The Morgan fingerprint density at radius 1 is 1.39 bits per heavy atom. The van der Waals surface area contributed by atoms with Gasteiger partial charge in [0, 0.05) is 40.8 Å². The van der Waals surface area contributed by atoms with Crippen molar-refractivity contribution < 1.29 is 13.9 Å². The monoisotopic (exact) mass is 393 g/mol. The summed E-state index contributed by atoms with van der Waals surface area (Å²) in [5, 5.41) is 6.17. The zero-order chi connectivity index (χ0) is 20.9. The van der Waals surface area contributed by atoms with Crippen LogP contribution in [0.1, 0.15) is 32.8 Å². The van der Waals surface area contributed by atoms with Crippen molar-refractivity contribution >= 4 is 17.7 Å². The second kappa shape index (κ2) is 9.12. The second-order valence-electron chi connectivity index (χ2n) is 8.16. The number of nitrogens with one attached hydrogen (secondary N) is 2. The molecule has 8 heteroatoms. The van der Waals surface area contributed by atoms with Crippen LogP contribution < -0.4 is 15.5 Å². The minimum absolute atomic E-state index is 0.00483. The molecule has 0 spiro atoms. The molecule has 1 atom stereocenters. The molecule has 28 heavy (non-hydrogen) atoms. The molecule has 0 aliphatic carbocycles. The third kappa shape index (κ3) is 6.28. The number of aliphatic imine (C=N–C) groups is 1. The SMILES string of the molecule is CN=C(NCc1ccc(N(C)C)c(F)c1)N1CCC(NC(=O)OC(C)(C)C)C1. The number of benzene rings is 1. The Bertz CT molecular complexity index is 715. The van der Waals surface area contributed by atoms with Crippen molar-refractivity contribution in [2.75, 3.05) is 39.1 Å². The lowest BCUT2D eigenvalue weighted by molar-refractivity contribution is 0.0507. The standard InChI is InChI=1S/C20H32FN5O2/c1-20(2,3)28-19(27)24-15-9-10-26(13-15)18(22-4)23-12-14-7-8-17(25(5)6)16(21)11-14/h7-8,11,15H,9-10,12-13H2,1-6H3,(H,22,23)(H,24,27). The Kier molecular flexibility index (Phi) is 7.10. The van der Waals surface area contributed by atoms with E-state index in [0.29, 0.717) is 18.8 Å². The van der Waals surface area contributed by atoms with Crippen LogP contribution in [0.2, 0.25) is 0 Å². The Balaban J connectivity index is 1.87. The van der Waals surface area contributed by atoms with Crippen LogP contribution in [0.4, 0.5) is 14.9 Å². The molecule has 0 radical (unpaired) electrons. The molecule has 0 aromatic heterocycles. The first-order chi connectivity index (χ1) is 13.1. The average molecular weight is 394 g/mol. The van der Waals surface area contributed by atoms with Crippen molar-refractivity contribution in [2.24, 2.45) is 4.99 Å². The van der Waals surface area contributed by atoms with E-state index in [-0.39, 0.29) is 11.9 Å². The first-order valence-corrected chi connectivity index (χ1v) is 9.50. The second-order valence-corrected chi connectivity index (χ2v) is 8.16. The van der Waals surface area contributed by atoms with E-state index in [1.807, 2.05) is 40.9 Å². The van der Waals surface area contributed by atoms with Crippen molar-refractivity contribution in [2.45, 2.75) is 45.4 Å². The van der Waals surface area contributed by atoms with Gasteiger partial charge in [0.2, 0.25) is 0 Å². The molecular formula is C20H32FN5O2. The van der Waals surface area contributed by atoms with Gasteiger partial charge in [-0.2, -0.15) is 0 Å². The van der Waals surface area contributed by atoms with E-state index in [4.69, 9.17) is 4.74 Å². The zero-order valence-electron chi connectivity index (χ0n) is 17.7. The quantitative estimate of drug-likeness (QED) is 0.608. The third-order valence-electron chi connectivity index (χ3n) is 4.36. The smallest absolute Gasteiger partial charge is 0.407 e. The highest BCUT2D eigenvalue weighted by Gasteiger charge is 2.27. The number of halogens is 1. The molecule has 2 N–H and O–H groups in total. The lowest BCUT2D eigenvalue weighted by Gasteiger charge is -2.23. The fourth-order valence-corrected chi connectivity index (χ4v) is 3.08. The van der Waals surface area contributed by atoms with E-state index < -0.39 is 11.7 Å². The minimum Gasteiger partial charge on any atom is -0.444 e. The van der Waals surface area contributed by atoms with Gasteiger partial charge in [-0.25, -0.2) is 9.18 Å². The van der Waals surface area contributed by atoms with Crippen LogP contribution in [0.3, 0.4) is 0 Å². The van der Waals surface area contributed by atoms with E-state index in [9.17, 15) is 9.18 Å². The minimum atomic E-state index is -0.516. The lowest BCUT2D eigenvalue weighted by Crippen LogP contribution is -2.44. The number of carbonyl (C=O) groups excluding carboxylic acids is 1. The number of guanidine groups is 1. The number of hydrogen-bond acceptors (Lipinski definition) is 4. The summed E-state index contributed by atoms with van der Waals surface area (Å²) in [6.07, 6.45) is 0.408. The number of alkyl carbamates (subject to hydrolysis) is 1. The van der Waals surface area contributed by atoms with Gasteiger partial charge >= 0.3 is 6.09 Å². The van der Waals surface area contributed by atoms with E-state index in [1.165, 1.54) is 6.07 Å². The van der Waals surface area contributed by atoms with Crippen LogP contribution in [0, 0.1) is 5.82 Å². The molecule has 1 aliphatic heterocycles. The lowest BCUT2D eigenvalue weighted by atomic mass is 10.2. The van der Waals surface area contributed by atoms with Crippen LogP contribution >= 0.6 is 0 Å². The van der Waals surface area contributed by atoms with Gasteiger partial charge in [-0.1, -0.05) is 6.07 Å². The van der Waals surface area contributed by atoms with Gasteiger partial charge in [0.05, 0.1) is 11.7 Å². The van der Waals surface area contributed by atoms with Gasteiger partial charge in [-0.05, 0) is 44.9 Å². The summed E-state index contributed by atoms with van der Waals surface area (Å²) in [6, 6.07) is 5.21. The molecule has 0 saturated carbocycles. The maximum absolute atomic E-state index is 14.1. The highest BCUT2D eigenvalue weighted by Crippen LogP contribution is 2.18. The number of amides is 1. The van der Waals surface area contributed by atoms with E-state index >= 15 is 0 Å². The molecule has 1 unspecified atom stereocenters. The number of anilines is 1. The van der Waals surface area contributed by atoms with Crippen LogP contribution in [0.25, 0.3) is 0 Å². The maximum atomic E-state index is 14.1. The van der Waals surface area contributed by atoms with Crippen LogP contribution in [0.5, 0.6) is 0 Å². The fourth-order valence-electron chi connectivity index (χ4n) is 3.08. The van der Waals surface area contributed by atoms with Gasteiger partial charge in [0.15, 0.2) is 5.96 Å². The molecule has 0 bridgehead atoms. The first-order valence-electron chi connectivity index (χ1n) is 9.50. The van der Waals surface area contributed by atoms with E-state index in [0.717, 1.165) is 24.5 Å². The van der Waals surface area contributed by atoms with Crippen LogP contribution in [-0.2, 0) is 11.3 Å². The third-order valence-corrected chi connectivity index (χ3v) is 4.36. The molecule has 1 aliphatic rings. The van der Waals surface area contributed by atoms with Crippen molar-refractivity contribution in [3.8, 4) is 0 Å². The molecule has 1 fully saturated rings. The molecule has 1 saturated heterocycles. The van der Waals surface area contributed by atoms with Gasteiger partial charge in [-0.3, -0.25) is 4.99 Å². The summed E-state index contributed by atoms with van der Waals surface area (Å²) < 4.78 is 19.4. The van der Waals surface area contributed by atoms with Crippen molar-refractivity contribution in [3.63, 3.8) is 0 Å².